The molecule has 3 rings (SSSR count). The number of methoxy groups -OCH3 is 1. The molecule has 0 aliphatic carbocycles. The van der Waals surface area contributed by atoms with Gasteiger partial charge in [-0.3, -0.25) is 33.7 Å². The highest BCUT2D eigenvalue weighted by molar-refractivity contribution is 5.98. The maximum Gasteiger partial charge on any atom is 0.410 e. The summed E-state index contributed by atoms with van der Waals surface area (Å²) in [5.74, 6) is -6.29. The molecule has 1 heterocycles. The molecule has 2 aromatic carbocycles. The monoisotopic (exact) mass is 1160 g/mol. The number of carboxylic acids is 1. The number of ether oxygens (including phenoxy) is 2. The zero-order chi connectivity index (χ0) is 62.4. The van der Waals surface area contributed by atoms with E-state index in [0.29, 0.717) is 49.0 Å². The molecule has 1 fully saturated rings. The quantitative estimate of drug-likeness (QED) is 0.0448. The highest BCUT2D eigenvalue weighted by Gasteiger charge is 2.43. The molecule has 1 aliphatic rings. The third-order valence-corrected chi connectivity index (χ3v) is 15.4. The van der Waals surface area contributed by atoms with Gasteiger partial charge in [-0.25, -0.2) is 14.4 Å². The normalized spacial score (nSPS) is 17.0. The molecule has 1 aliphatic heterocycles. The van der Waals surface area contributed by atoms with Crippen LogP contribution in [-0.4, -0.2) is 173 Å². The van der Waals surface area contributed by atoms with Gasteiger partial charge in [-0.15, -0.1) is 0 Å². The van der Waals surface area contributed by atoms with Crippen LogP contribution in [0.15, 0.2) is 54.6 Å². The number of nitrogens with zero attached hydrogens (tertiary/aromatic N) is 3. The van der Waals surface area contributed by atoms with Gasteiger partial charge in [0.15, 0.2) is 0 Å². The summed E-state index contributed by atoms with van der Waals surface area (Å²) < 4.78 is 11.7. The van der Waals surface area contributed by atoms with Crippen molar-refractivity contribution in [3.05, 3.63) is 65.7 Å². The number of aliphatic hydroxyl groups excluding tert-OH is 1. The number of rotatable bonds is 33. The molecule has 23 nitrogen and oxygen atoms in total. The fourth-order valence-corrected chi connectivity index (χ4v) is 10.5. The third kappa shape index (κ3) is 21.4. The minimum atomic E-state index is -1.31. The number of carboxylic acid groups (broad SMARTS) is 1. The Morgan fingerprint density at radius 2 is 1.36 bits per heavy atom. The number of hydrogen-bond donors (Lipinski definition) is 9. The van der Waals surface area contributed by atoms with Crippen LogP contribution in [0.2, 0.25) is 0 Å². The Morgan fingerprint density at radius 3 is 1.90 bits per heavy atom. The van der Waals surface area contributed by atoms with Crippen molar-refractivity contribution in [3.63, 3.8) is 0 Å². The van der Waals surface area contributed by atoms with Crippen LogP contribution in [0.25, 0.3) is 0 Å². The second-order valence-corrected chi connectivity index (χ2v) is 23.3. The number of likely N-dealkylation sites (tertiary alicyclic amines) is 1. The number of carbonyl (C=O) groups is 9. The maximum atomic E-state index is 14.7. The lowest BCUT2D eigenvalue weighted by atomic mass is 9.89. The molecule has 1 saturated heterocycles. The molecule has 0 bridgehead atoms. The van der Waals surface area contributed by atoms with E-state index >= 15 is 0 Å². The van der Waals surface area contributed by atoms with E-state index < -0.39 is 114 Å². The summed E-state index contributed by atoms with van der Waals surface area (Å²) in [6.45, 7) is 20.5. The highest BCUT2D eigenvalue weighted by atomic mass is 16.6. The lowest BCUT2D eigenvalue weighted by molar-refractivity contribution is -0.148. The first-order chi connectivity index (χ1) is 39.0. The van der Waals surface area contributed by atoms with Crippen molar-refractivity contribution in [2.24, 2.45) is 35.3 Å². The number of amides is 9. The Labute approximate surface area is 490 Å². The Bertz CT molecular complexity index is 2440. The average molecular weight is 1170 g/mol. The molecule has 0 unspecified atom stereocenters. The molecule has 23 heteroatoms. The Balaban J connectivity index is 1.70. The van der Waals surface area contributed by atoms with Crippen LogP contribution >= 0.6 is 0 Å². The van der Waals surface area contributed by atoms with Crippen LogP contribution in [0.3, 0.4) is 0 Å². The maximum absolute atomic E-state index is 14.7. The number of urea groups is 1. The molecule has 0 radical (unpaired) electrons. The number of carbonyl (C=O) groups excluding carboxylic acids is 8. The van der Waals surface area contributed by atoms with Gasteiger partial charge < -0.3 is 67.1 Å². The number of hydrogen-bond acceptors (Lipinski definition) is 13. The average Bonchev–Trinajstić information content (AvgIpc) is 4.08. The summed E-state index contributed by atoms with van der Waals surface area (Å²) in [5, 5.41) is 38.4. The molecule has 83 heavy (non-hydrogen) atoms. The number of aliphatic hydroxyl groups is 1. The van der Waals surface area contributed by atoms with Crippen LogP contribution in [0.1, 0.15) is 126 Å². The van der Waals surface area contributed by atoms with E-state index in [9.17, 15) is 53.4 Å². The smallest absolute Gasteiger partial charge is 0.410 e. The molecule has 2 aromatic rings. The first-order valence-electron chi connectivity index (χ1n) is 29.1. The number of benzene rings is 2. The third-order valence-electron chi connectivity index (χ3n) is 15.4. The topological polar surface area (TPSA) is 320 Å². The SMILES string of the molecule is CC[C@H](C)[C@@H]([C@@H](CC(=O)N1CCC[C@H]1[C@H](O)[C@@H](C)C(=O)N[C@@H](Cc1ccccc1)C(=O)O)OC)N(C)C(=O)[C@@H](NC(=O)[C@H](C(C)C)N(C)C(=O)OCc1ccc(NC(=O)[C@H](CCCNC(N)=O)NC(=O)[C@@H](NC(C)C)C(C)C)cc1)C(C)C. The van der Waals surface area contributed by atoms with Gasteiger partial charge in [0.1, 0.15) is 30.8 Å². The van der Waals surface area contributed by atoms with Crippen LogP contribution in [0.5, 0.6) is 0 Å². The van der Waals surface area contributed by atoms with Gasteiger partial charge in [0.05, 0.1) is 42.7 Å². The van der Waals surface area contributed by atoms with Crippen molar-refractivity contribution in [2.45, 2.75) is 188 Å². The number of nitrogens with two attached hydrogens (primary N) is 1. The summed E-state index contributed by atoms with van der Waals surface area (Å²) in [6, 6.07) is 8.44. The summed E-state index contributed by atoms with van der Waals surface area (Å²) in [7, 11) is 4.49. The Kier molecular flexibility index (Phi) is 28.9. The molecular weight excluding hydrogens is 1070 g/mol. The minimum Gasteiger partial charge on any atom is -0.480 e. The van der Waals surface area contributed by atoms with Gasteiger partial charge in [-0.2, -0.15) is 0 Å². The Morgan fingerprint density at radius 1 is 0.747 bits per heavy atom. The van der Waals surface area contributed by atoms with Gasteiger partial charge in [-0.1, -0.05) is 125 Å². The van der Waals surface area contributed by atoms with E-state index in [0.717, 1.165) is 0 Å². The van der Waals surface area contributed by atoms with Gasteiger partial charge in [0.2, 0.25) is 35.4 Å². The van der Waals surface area contributed by atoms with Crippen LogP contribution in [0.4, 0.5) is 15.3 Å². The van der Waals surface area contributed by atoms with Crippen molar-refractivity contribution < 1.29 is 62.8 Å². The van der Waals surface area contributed by atoms with E-state index in [1.165, 1.54) is 35.8 Å². The number of aliphatic carboxylic acids is 1. The molecular formula is C60H96N10O13. The van der Waals surface area contributed by atoms with Gasteiger partial charge in [-0.05, 0) is 72.6 Å². The predicted octanol–water partition coefficient (Wildman–Crippen LogP) is 4.39. The summed E-state index contributed by atoms with van der Waals surface area (Å²) in [6.07, 6.45) is -0.968. The zero-order valence-electron chi connectivity index (χ0n) is 51.2. The van der Waals surface area contributed by atoms with Gasteiger partial charge in [0, 0.05) is 52.4 Å². The number of primary amides is 1. The Hall–Kier alpha value is -6.85. The largest absolute Gasteiger partial charge is 0.480 e. The fourth-order valence-electron chi connectivity index (χ4n) is 10.5. The van der Waals surface area contributed by atoms with E-state index in [4.69, 9.17) is 15.2 Å². The summed E-state index contributed by atoms with van der Waals surface area (Å²) in [5.41, 5.74) is 6.90. The standard InChI is InChI=1S/C60H96N10O13/c1-15-38(10)51(46(82-14)32-47(71)70-30-20-24-45(70)52(72)39(11)53(73)66-44(58(78)79)31-40-21-17-16-18-22-40)68(12)57(77)49(35(4)5)67-56(76)50(36(6)7)69(13)60(81)83-33-41-25-27-42(28-26-41)64-54(74)43(23-19-29-62-59(61)80)65-55(75)48(34(2)3)63-37(8)9/h16-18,21-22,25-28,34-39,43-46,48-52,63,72H,15,19-20,23-24,29-33H2,1-14H3,(H,64,74)(H,65,75)(H,66,73)(H,67,76)(H,78,79)(H3,61,62,80)/t38-,39+,43-,44-,45-,46+,48-,49-,50-,51-,52+/m0/s1. The van der Waals surface area contributed by atoms with Gasteiger partial charge in [0.25, 0.3) is 0 Å². The highest BCUT2D eigenvalue weighted by Crippen LogP contribution is 2.29. The molecule has 464 valence electrons. The van der Waals surface area contributed by atoms with E-state index in [1.54, 1.807) is 89.3 Å². The second-order valence-electron chi connectivity index (χ2n) is 23.3. The first-order valence-corrected chi connectivity index (χ1v) is 29.1. The van der Waals surface area contributed by atoms with Crippen molar-refractivity contribution in [1.29, 1.82) is 0 Å². The van der Waals surface area contributed by atoms with Crippen LogP contribution < -0.4 is 37.6 Å². The molecule has 0 aromatic heterocycles. The van der Waals surface area contributed by atoms with Crippen molar-refractivity contribution >= 4 is 59.2 Å². The molecule has 11 atom stereocenters. The van der Waals surface area contributed by atoms with Crippen molar-refractivity contribution in [3.8, 4) is 0 Å². The number of likely N-dealkylation sites (N-methyl/N-ethyl adjacent to an activating group) is 2. The zero-order valence-corrected chi connectivity index (χ0v) is 51.2. The lowest BCUT2D eigenvalue weighted by Crippen LogP contribution is -2.60. The number of anilines is 1. The number of nitrogens with one attached hydrogen (secondary N) is 6. The van der Waals surface area contributed by atoms with E-state index in [-0.39, 0.29) is 62.1 Å². The summed E-state index contributed by atoms with van der Waals surface area (Å²) in [4.78, 5) is 125. The summed E-state index contributed by atoms with van der Waals surface area (Å²) >= 11 is 0. The molecule has 10 N–H and O–H groups in total. The molecule has 0 saturated carbocycles. The molecule has 0 spiro atoms. The molecule has 9 amide bonds. The first kappa shape index (κ1) is 70.4. The lowest BCUT2D eigenvalue weighted by Gasteiger charge is -2.41. The van der Waals surface area contributed by atoms with Crippen molar-refractivity contribution in [2.75, 3.05) is 39.6 Å². The minimum absolute atomic E-state index is 0.0127. The van der Waals surface area contributed by atoms with E-state index in [2.05, 4.69) is 31.9 Å². The predicted molar refractivity (Wildman–Crippen MR) is 315 cm³/mol. The fraction of sp³-hybridized carbons (Fsp3) is 0.650. The van der Waals surface area contributed by atoms with Crippen LogP contribution in [-0.2, 0) is 56.1 Å². The van der Waals surface area contributed by atoms with Crippen LogP contribution in [0, 0.1) is 29.6 Å². The van der Waals surface area contributed by atoms with Crippen molar-refractivity contribution in [1.82, 2.24) is 41.3 Å². The second kappa shape index (κ2) is 34.1. The van der Waals surface area contributed by atoms with Gasteiger partial charge >= 0.3 is 18.1 Å². The van der Waals surface area contributed by atoms with E-state index in [1.807, 2.05) is 41.5 Å².